The smallest absolute Gasteiger partial charge is 0.321 e. The molecule has 0 aliphatic carbocycles. The summed E-state index contributed by atoms with van der Waals surface area (Å²) in [7, 11) is 0. The molecule has 0 saturated carbocycles. The molecule has 2 unspecified atom stereocenters. The summed E-state index contributed by atoms with van der Waals surface area (Å²) in [4.78, 5) is 10.9. The first-order chi connectivity index (χ1) is 9.20. The quantitative estimate of drug-likeness (QED) is 0.785. The second kappa shape index (κ2) is 6.82. The number of thioether (sulfide) groups is 1. The van der Waals surface area contributed by atoms with Gasteiger partial charge in [-0.3, -0.25) is 10.1 Å². The number of hydrogen-bond acceptors (Lipinski definition) is 4. The molecule has 0 spiro atoms. The molecule has 1 heterocycles. The Kier molecular flexibility index (Phi) is 5.10. The Labute approximate surface area is 117 Å². The number of aliphatic carboxylic acids is 1. The molecule has 1 aliphatic heterocycles. The van der Waals surface area contributed by atoms with Crippen LogP contribution < -0.4 is 10.1 Å². The van der Waals surface area contributed by atoms with Crippen molar-refractivity contribution in [3.05, 3.63) is 29.8 Å². The minimum Gasteiger partial charge on any atom is -0.494 e. The Morgan fingerprint density at radius 2 is 2.21 bits per heavy atom. The van der Waals surface area contributed by atoms with Crippen LogP contribution in [0.15, 0.2) is 24.3 Å². The molecule has 4 nitrogen and oxygen atoms in total. The van der Waals surface area contributed by atoms with Crippen molar-refractivity contribution in [2.24, 2.45) is 0 Å². The summed E-state index contributed by atoms with van der Waals surface area (Å²) in [5.74, 6) is 0.693. The second-order valence-electron chi connectivity index (χ2n) is 4.54. The highest BCUT2D eigenvalue weighted by atomic mass is 32.2. The van der Waals surface area contributed by atoms with Gasteiger partial charge in [-0.25, -0.2) is 0 Å². The first kappa shape index (κ1) is 14.2. The minimum absolute atomic E-state index is 0.0609. The van der Waals surface area contributed by atoms with E-state index in [4.69, 9.17) is 9.84 Å². The third-order valence-electron chi connectivity index (χ3n) is 3.03. The van der Waals surface area contributed by atoms with E-state index < -0.39 is 12.0 Å². The van der Waals surface area contributed by atoms with Crippen LogP contribution >= 0.6 is 11.8 Å². The lowest BCUT2D eigenvalue weighted by atomic mass is 10.2. The number of hydrogen-bond donors (Lipinski definition) is 2. The summed E-state index contributed by atoms with van der Waals surface area (Å²) in [6, 6.07) is 7.44. The summed E-state index contributed by atoms with van der Waals surface area (Å²) in [6.45, 7) is 2.88. The van der Waals surface area contributed by atoms with Gasteiger partial charge in [0.1, 0.15) is 11.8 Å². The number of carbonyl (C=O) groups is 1. The molecule has 0 aromatic heterocycles. The molecule has 0 bridgehead atoms. The minimum atomic E-state index is -0.783. The van der Waals surface area contributed by atoms with Crippen molar-refractivity contribution in [1.29, 1.82) is 0 Å². The largest absolute Gasteiger partial charge is 0.494 e. The SMILES string of the molecule is CCCCOc1ccc(C2NC(C(=O)O)CS2)cc1. The van der Waals surface area contributed by atoms with Crippen molar-refractivity contribution in [3.8, 4) is 5.75 Å². The van der Waals surface area contributed by atoms with E-state index >= 15 is 0 Å². The zero-order chi connectivity index (χ0) is 13.7. The molecule has 2 atom stereocenters. The zero-order valence-electron chi connectivity index (χ0n) is 11.0. The van der Waals surface area contributed by atoms with Crippen LogP contribution in [-0.4, -0.2) is 29.5 Å². The Morgan fingerprint density at radius 1 is 1.47 bits per heavy atom. The fraction of sp³-hybridized carbons (Fsp3) is 0.500. The lowest BCUT2D eigenvalue weighted by Gasteiger charge is -2.12. The molecule has 2 rings (SSSR count). The highest BCUT2D eigenvalue weighted by molar-refractivity contribution is 7.99. The predicted octanol–water partition coefficient (Wildman–Crippen LogP) is 2.65. The highest BCUT2D eigenvalue weighted by Crippen LogP contribution is 2.33. The molecular formula is C14H19NO3S. The van der Waals surface area contributed by atoms with E-state index in [1.54, 1.807) is 11.8 Å². The van der Waals surface area contributed by atoms with Crippen LogP contribution in [0.3, 0.4) is 0 Å². The number of carboxylic acids is 1. The molecule has 19 heavy (non-hydrogen) atoms. The monoisotopic (exact) mass is 281 g/mol. The van der Waals surface area contributed by atoms with Crippen LogP contribution in [0, 0.1) is 0 Å². The van der Waals surface area contributed by atoms with E-state index in [1.165, 1.54) is 0 Å². The number of rotatable bonds is 6. The molecule has 1 aliphatic rings. The van der Waals surface area contributed by atoms with Gasteiger partial charge < -0.3 is 9.84 Å². The maximum Gasteiger partial charge on any atom is 0.321 e. The van der Waals surface area contributed by atoms with E-state index in [-0.39, 0.29) is 5.37 Å². The molecular weight excluding hydrogens is 262 g/mol. The van der Waals surface area contributed by atoms with E-state index in [9.17, 15) is 4.79 Å². The topological polar surface area (TPSA) is 58.6 Å². The molecule has 1 aromatic rings. The van der Waals surface area contributed by atoms with E-state index in [2.05, 4.69) is 12.2 Å². The molecule has 1 aromatic carbocycles. The van der Waals surface area contributed by atoms with Crippen LogP contribution in [0.5, 0.6) is 5.75 Å². The average molecular weight is 281 g/mol. The van der Waals surface area contributed by atoms with Crippen LogP contribution in [0.2, 0.25) is 0 Å². The van der Waals surface area contributed by atoms with Gasteiger partial charge in [0, 0.05) is 5.75 Å². The molecule has 1 fully saturated rings. The normalized spacial score (nSPS) is 22.4. The summed E-state index contributed by atoms with van der Waals surface area (Å²) < 4.78 is 5.60. The fourth-order valence-electron chi connectivity index (χ4n) is 1.88. The van der Waals surface area contributed by atoms with E-state index in [1.807, 2.05) is 24.3 Å². The molecule has 0 radical (unpaired) electrons. The van der Waals surface area contributed by atoms with Gasteiger partial charge in [0.05, 0.1) is 12.0 Å². The van der Waals surface area contributed by atoms with E-state index in [0.717, 1.165) is 30.8 Å². The van der Waals surface area contributed by atoms with Crippen molar-refractivity contribution < 1.29 is 14.6 Å². The molecule has 5 heteroatoms. The summed E-state index contributed by atoms with van der Waals surface area (Å²) in [5.41, 5.74) is 1.09. The van der Waals surface area contributed by atoms with Crippen molar-refractivity contribution in [1.82, 2.24) is 5.32 Å². The van der Waals surface area contributed by atoms with Crippen LogP contribution in [-0.2, 0) is 4.79 Å². The summed E-state index contributed by atoms with van der Waals surface area (Å²) >= 11 is 1.63. The van der Waals surface area contributed by atoms with Gasteiger partial charge in [-0.2, -0.15) is 0 Å². The maximum atomic E-state index is 10.9. The Morgan fingerprint density at radius 3 is 2.79 bits per heavy atom. The zero-order valence-corrected chi connectivity index (χ0v) is 11.8. The Balaban J connectivity index is 1.90. The number of nitrogens with one attached hydrogen (secondary N) is 1. The average Bonchev–Trinajstić information content (AvgIpc) is 2.90. The third kappa shape index (κ3) is 3.88. The predicted molar refractivity (Wildman–Crippen MR) is 76.6 cm³/mol. The fourth-order valence-corrected chi connectivity index (χ4v) is 3.11. The standard InChI is InChI=1S/C14H19NO3S/c1-2-3-8-18-11-6-4-10(5-7-11)13-15-12(9-19-13)14(16)17/h4-7,12-13,15H,2-3,8-9H2,1H3,(H,16,17). The molecule has 1 saturated heterocycles. The van der Waals surface area contributed by atoms with Crippen LogP contribution in [0.4, 0.5) is 0 Å². The number of unbranched alkanes of at least 4 members (excludes halogenated alkanes) is 1. The third-order valence-corrected chi connectivity index (χ3v) is 4.30. The summed E-state index contributed by atoms with van der Waals surface area (Å²) in [6.07, 6.45) is 2.18. The van der Waals surface area contributed by atoms with Crippen molar-refractivity contribution >= 4 is 17.7 Å². The van der Waals surface area contributed by atoms with Crippen molar-refractivity contribution in [2.45, 2.75) is 31.2 Å². The van der Waals surface area contributed by atoms with E-state index in [0.29, 0.717) is 5.75 Å². The van der Waals surface area contributed by atoms with Gasteiger partial charge in [0.25, 0.3) is 0 Å². The lowest BCUT2D eigenvalue weighted by Crippen LogP contribution is -2.33. The summed E-state index contributed by atoms with van der Waals surface area (Å²) in [5, 5.41) is 12.1. The Hall–Kier alpha value is -1.20. The van der Waals surface area contributed by atoms with Gasteiger partial charge in [-0.1, -0.05) is 25.5 Å². The lowest BCUT2D eigenvalue weighted by molar-refractivity contribution is -0.138. The number of carboxylic acid groups (broad SMARTS) is 1. The van der Waals surface area contributed by atoms with Crippen molar-refractivity contribution in [2.75, 3.05) is 12.4 Å². The van der Waals surface area contributed by atoms with Gasteiger partial charge in [0.15, 0.2) is 0 Å². The number of benzene rings is 1. The van der Waals surface area contributed by atoms with Crippen molar-refractivity contribution in [3.63, 3.8) is 0 Å². The number of ether oxygens (including phenoxy) is 1. The first-order valence-electron chi connectivity index (χ1n) is 6.54. The maximum absolute atomic E-state index is 10.9. The molecule has 104 valence electrons. The van der Waals surface area contributed by atoms with Gasteiger partial charge in [-0.15, -0.1) is 11.8 Å². The van der Waals surface area contributed by atoms with Gasteiger partial charge >= 0.3 is 5.97 Å². The van der Waals surface area contributed by atoms with Gasteiger partial charge in [0.2, 0.25) is 0 Å². The van der Waals surface area contributed by atoms with Crippen LogP contribution in [0.25, 0.3) is 0 Å². The first-order valence-corrected chi connectivity index (χ1v) is 7.59. The van der Waals surface area contributed by atoms with Gasteiger partial charge in [-0.05, 0) is 24.1 Å². The van der Waals surface area contributed by atoms with Crippen LogP contribution in [0.1, 0.15) is 30.7 Å². The second-order valence-corrected chi connectivity index (χ2v) is 5.68. The molecule has 2 N–H and O–H groups in total. The highest BCUT2D eigenvalue weighted by Gasteiger charge is 2.30. The molecule has 0 amide bonds. The Bertz CT molecular complexity index is 421.